The number of rotatable bonds is 5. The Morgan fingerprint density at radius 2 is 2.07 bits per heavy atom. The van der Waals surface area contributed by atoms with E-state index in [1.165, 1.54) is 6.92 Å². The van der Waals surface area contributed by atoms with Gasteiger partial charge in [0, 0.05) is 12.2 Å². The third kappa shape index (κ3) is 3.59. The van der Waals surface area contributed by atoms with E-state index in [9.17, 15) is 9.90 Å². The van der Waals surface area contributed by atoms with Crippen molar-refractivity contribution >= 4 is 11.5 Å². The monoisotopic (exact) mass is 209 g/mol. The van der Waals surface area contributed by atoms with Gasteiger partial charge in [0.05, 0.1) is 7.11 Å². The van der Waals surface area contributed by atoms with Crippen molar-refractivity contribution < 1.29 is 14.6 Å². The Morgan fingerprint density at radius 3 is 2.53 bits per heavy atom. The molecular weight excluding hydrogens is 194 g/mol. The number of benzene rings is 1. The fourth-order valence-corrected chi connectivity index (χ4v) is 1.07. The molecule has 15 heavy (non-hydrogen) atoms. The Morgan fingerprint density at radius 1 is 1.47 bits per heavy atom. The van der Waals surface area contributed by atoms with Crippen LogP contribution in [0.25, 0.3) is 0 Å². The van der Waals surface area contributed by atoms with Gasteiger partial charge in [-0.1, -0.05) is 0 Å². The molecule has 0 heterocycles. The van der Waals surface area contributed by atoms with E-state index < -0.39 is 6.10 Å². The molecule has 82 valence electrons. The lowest BCUT2D eigenvalue weighted by Crippen LogP contribution is -2.26. The average molecular weight is 209 g/mol. The van der Waals surface area contributed by atoms with Crippen LogP contribution in [0.4, 0.5) is 5.69 Å². The van der Waals surface area contributed by atoms with Crippen LogP contribution >= 0.6 is 0 Å². The van der Waals surface area contributed by atoms with Crippen molar-refractivity contribution in [1.29, 1.82) is 0 Å². The highest BCUT2D eigenvalue weighted by Gasteiger charge is 2.08. The average Bonchev–Trinajstić information content (AvgIpc) is 2.26. The molecule has 1 atom stereocenters. The third-order valence-corrected chi connectivity index (χ3v) is 2.06. The Labute approximate surface area is 88.9 Å². The van der Waals surface area contributed by atoms with Crippen LogP contribution in [0, 0.1) is 0 Å². The molecule has 0 bridgehead atoms. The Kier molecular flexibility index (Phi) is 4.12. The molecule has 2 N–H and O–H groups in total. The van der Waals surface area contributed by atoms with Crippen LogP contribution < -0.4 is 10.1 Å². The smallest absolute Gasteiger partial charge is 0.160 e. The topological polar surface area (TPSA) is 58.6 Å². The summed E-state index contributed by atoms with van der Waals surface area (Å²) in [5, 5.41) is 12.2. The second kappa shape index (κ2) is 5.36. The number of methoxy groups -OCH3 is 1. The minimum Gasteiger partial charge on any atom is -0.497 e. The van der Waals surface area contributed by atoms with Gasteiger partial charge in [-0.25, -0.2) is 0 Å². The van der Waals surface area contributed by atoms with E-state index >= 15 is 0 Å². The van der Waals surface area contributed by atoms with Crippen molar-refractivity contribution in [1.82, 2.24) is 0 Å². The minimum absolute atomic E-state index is 0.224. The fraction of sp³-hybridized carbons (Fsp3) is 0.364. The number of aliphatic hydroxyl groups is 1. The molecule has 4 heteroatoms. The lowest BCUT2D eigenvalue weighted by molar-refractivity contribution is -0.124. The zero-order valence-corrected chi connectivity index (χ0v) is 8.86. The fourth-order valence-electron chi connectivity index (χ4n) is 1.07. The van der Waals surface area contributed by atoms with Gasteiger partial charge in [-0.2, -0.15) is 0 Å². The maximum absolute atomic E-state index is 10.8. The van der Waals surface area contributed by atoms with Gasteiger partial charge >= 0.3 is 0 Å². The molecule has 1 aromatic carbocycles. The number of hydrogen-bond donors (Lipinski definition) is 2. The molecule has 0 fully saturated rings. The van der Waals surface area contributed by atoms with E-state index in [1.54, 1.807) is 7.11 Å². The third-order valence-electron chi connectivity index (χ3n) is 2.06. The van der Waals surface area contributed by atoms with Crippen LogP contribution in [-0.2, 0) is 4.79 Å². The first kappa shape index (κ1) is 11.5. The minimum atomic E-state index is -0.952. The van der Waals surface area contributed by atoms with Crippen molar-refractivity contribution in [2.45, 2.75) is 13.0 Å². The lowest BCUT2D eigenvalue weighted by Gasteiger charge is -2.10. The number of anilines is 1. The van der Waals surface area contributed by atoms with Crippen LogP contribution in [0.5, 0.6) is 5.75 Å². The number of ether oxygens (including phenoxy) is 1. The van der Waals surface area contributed by atoms with E-state index in [2.05, 4.69) is 5.32 Å². The lowest BCUT2D eigenvalue weighted by atomic mass is 10.2. The van der Waals surface area contributed by atoms with Crippen molar-refractivity contribution in [2.75, 3.05) is 19.0 Å². The van der Waals surface area contributed by atoms with E-state index in [1.807, 2.05) is 24.3 Å². The standard InChI is InChI=1S/C11H15NO3/c1-8(13)11(14)7-12-9-3-5-10(15-2)6-4-9/h3-6,11-12,14H,7H2,1-2H3/t11-/m0/s1. The summed E-state index contributed by atoms with van der Waals surface area (Å²) in [4.78, 5) is 10.8. The molecule has 0 spiro atoms. The van der Waals surface area contributed by atoms with Crippen molar-refractivity contribution in [3.63, 3.8) is 0 Å². The number of carbonyl (C=O) groups is 1. The van der Waals surface area contributed by atoms with Crippen LogP contribution in [0.1, 0.15) is 6.92 Å². The van der Waals surface area contributed by atoms with Gasteiger partial charge in [-0.15, -0.1) is 0 Å². The summed E-state index contributed by atoms with van der Waals surface area (Å²) in [5.74, 6) is 0.531. The number of carbonyl (C=O) groups excluding carboxylic acids is 1. The molecule has 1 rings (SSSR count). The zero-order valence-electron chi connectivity index (χ0n) is 8.86. The second-order valence-corrected chi connectivity index (χ2v) is 3.24. The molecule has 0 unspecified atom stereocenters. The normalized spacial score (nSPS) is 11.9. The Bertz CT molecular complexity index is 321. The van der Waals surface area contributed by atoms with Crippen LogP contribution in [0.15, 0.2) is 24.3 Å². The summed E-state index contributed by atoms with van der Waals surface area (Å²) < 4.78 is 5.00. The maximum Gasteiger partial charge on any atom is 0.160 e. The molecule has 0 saturated heterocycles. The summed E-state index contributed by atoms with van der Waals surface area (Å²) in [6.07, 6.45) is -0.952. The second-order valence-electron chi connectivity index (χ2n) is 3.24. The first-order valence-electron chi connectivity index (χ1n) is 4.70. The Hall–Kier alpha value is -1.55. The van der Waals surface area contributed by atoms with E-state index in [0.717, 1.165) is 11.4 Å². The molecule has 0 radical (unpaired) electrons. The maximum atomic E-state index is 10.8. The van der Waals surface area contributed by atoms with Gasteiger partial charge in [0.1, 0.15) is 11.9 Å². The van der Waals surface area contributed by atoms with Crippen molar-refractivity contribution in [2.24, 2.45) is 0 Å². The predicted molar refractivity (Wildman–Crippen MR) is 58.2 cm³/mol. The number of nitrogens with one attached hydrogen (secondary N) is 1. The number of aliphatic hydroxyl groups excluding tert-OH is 1. The van der Waals surface area contributed by atoms with Gasteiger partial charge in [0.25, 0.3) is 0 Å². The summed E-state index contributed by atoms with van der Waals surface area (Å²) in [7, 11) is 1.60. The summed E-state index contributed by atoms with van der Waals surface area (Å²) in [5.41, 5.74) is 0.844. The molecule has 4 nitrogen and oxygen atoms in total. The highest BCUT2D eigenvalue weighted by Crippen LogP contribution is 2.14. The van der Waals surface area contributed by atoms with Gasteiger partial charge in [0.15, 0.2) is 5.78 Å². The molecule has 0 aliphatic heterocycles. The van der Waals surface area contributed by atoms with Gasteiger partial charge in [0.2, 0.25) is 0 Å². The molecule has 0 aliphatic rings. The van der Waals surface area contributed by atoms with E-state index in [-0.39, 0.29) is 12.3 Å². The molecule has 0 aromatic heterocycles. The predicted octanol–water partition coefficient (Wildman–Crippen LogP) is 1.06. The van der Waals surface area contributed by atoms with Crippen molar-refractivity contribution in [3.8, 4) is 5.75 Å². The van der Waals surface area contributed by atoms with Crippen molar-refractivity contribution in [3.05, 3.63) is 24.3 Å². The molecule has 0 saturated carbocycles. The summed E-state index contributed by atoms with van der Waals surface area (Å²) >= 11 is 0. The quantitative estimate of drug-likeness (QED) is 0.761. The number of Topliss-reactive ketones (excluding diaryl/α,β-unsaturated/α-hetero) is 1. The van der Waals surface area contributed by atoms with Gasteiger partial charge in [-0.3, -0.25) is 4.79 Å². The first-order valence-corrected chi connectivity index (χ1v) is 4.70. The van der Waals surface area contributed by atoms with E-state index in [0.29, 0.717) is 0 Å². The van der Waals surface area contributed by atoms with E-state index in [4.69, 9.17) is 4.74 Å². The largest absolute Gasteiger partial charge is 0.497 e. The SMILES string of the molecule is COc1ccc(NC[C@H](O)C(C)=O)cc1. The molecule has 0 amide bonds. The zero-order chi connectivity index (χ0) is 11.3. The molecule has 1 aromatic rings. The number of hydrogen-bond acceptors (Lipinski definition) is 4. The first-order chi connectivity index (χ1) is 7.13. The summed E-state index contributed by atoms with van der Waals surface area (Å²) in [6.45, 7) is 1.59. The highest BCUT2D eigenvalue weighted by atomic mass is 16.5. The van der Waals surface area contributed by atoms with Gasteiger partial charge in [-0.05, 0) is 31.2 Å². The Balaban J connectivity index is 2.47. The van der Waals surface area contributed by atoms with Crippen LogP contribution in [-0.4, -0.2) is 30.6 Å². The summed E-state index contributed by atoms with van der Waals surface area (Å²) in [6, 6.07) is 7.27. The van der Waals surface area contributed by atoms with Crippen LogP contribution in [0.2, 0.25) is 0 Å². The number of ketones is 1. The molecular formula is C11H15NO3. The van der Waals surface area contributed by atoms with Crippen LogP contribution in [0.3, 0.4) is 0 Å². The highest BCUT2D eigenvalue weighted by molar-refractivity contribution is 5.80. The van der Waals surface area contributed by atoms with Gasteiger partial charge < -0.3 is 15.2 Å². The molecule has 0 aliphatic carbocycles.